The first kappa shape index (κ1) is 15.8. The van der Waals surface area contributed by atoms with Gasteiger partial charge in [-0.1, -0.05) is 55.1 Å². The summed E-state index contributed by atoms with van der Waals surface area (Å²) in [4.78, 5) is 4.45. The molecule has 0 bridgehead atoms. The first-order valence-corrected chi connectivity index (χ1v) is 7.69. The van der Waals surface area contributed by atoms with Gasteiger partial charge in [-0.2, -0.15) is 0 Å². The number of aromatic nitrogens is 1. The summed E-state index contributed by atoms with van der Waals surface area (Å²) in [5.74, 6) is 0. The number of rotatable bonds is 6. The van der Waals surface area contributed by atoms with Gasteiger partial charge in [-0.3, -0.25) is 15.7 Å². The zero-order chi connectivity index (χ0) is 16.8. The Morgan fingerprint density at radius 1 is 1.12 bits per heavy atom. The average molecular weight is 317 g/mol. The Labute approximate surface area is 141 Å². The van der Waals surface area contributed by atoms with Crippen molar-refractivity contribution in [3.63, 3.8) is 0 Å². The van der Waals surface area contributed by atoms with Gasteiger partial charge in [0.05, 0.1) is 23.1 Å². The third-order valence-corrected chi connectivity index (χ3v) is 3.69. The highest BCUT2D eigenvalue weighted by Gasteiger charge is 1.98. The van der Waals surface area contributed by atoms with Gasteiger partial charge >= 0.3 is 0 Å². The van der Waals surface area contributed by atoms with E-state index in [1.165, 1.54) is 5.56 Å². The number of hydrogen-bond donors (Lipinski definition) is 3. The number of fused-ring (bicyclic) bond motifs is 1. The Bertz CT molecular complexity index is 869. The van der Waals surface area contributed by atoms with Gasteiger partial charge < -0.3 is 5.32 Å². The highest BCUT2D eigenvalue weighted by molar-refractivity contribution is 5.81. The highest BCUT2D eigenvalue weighted by Crippen LogP contribution is 2.17. The van der Waals surface area contributed by atoms with Crippen molar-refractivity contribution in [3.05, 3.63) is 90.3 Å². The maximum Gasteiger partial charge on any atom is 0.0703 e. The Kier molecular flexibility index (Phi) is 4.89. The molecule has 0 saturated heterocycles. The summed E-state index contributed by atoms with van der Waals surface area (Å²) >= 11 is 0. The smallest absolute Gasteiger partial charge is 0.0703 e. The molecule has 2 aromatic carbocycles. The molecule has 0 aliphatic heterocycles. The number of hydrogen-bond acceptors (Lipinski definition) is 4. The van der Waals surface area contributed by atoms with Gasteiger partial charge in [0.25, 0.3) is 0 Å². The Hall–Kier alpha value is -3.11. The SMILES string of the molecule is C=C(/C=C/c1ccc(CNc2cnc3ccccc3c2)cc1)NO. The molecule has 4 heteroatoms. The largest absolute Gasteiger partial charge is 0.380 e. The molecule has 120 valence electrons. The van der Waals surface area contributed by atoms with Crippen molar-refractivity contribution in [1.29, 1.82) is 0 Å². The maximum absolute atomic E-state index is 8.69. The summed E-state index contributed by atoms with van der Waals surface area (Å²) in [7, 11) is 0. The van der Waals surface area contributed by atoms with Crippen LogP contribution in [-0.2, 0) is 6.54 Å². The molecule has 0 saturated carbocycles. The van der Waals surface area contributed by atoms with Crippen LogP contribution in [0.5, 0.6) is 0 Å². The van der Waals surface area contributed by atoms with Crippen molar-refractivity contribution in [3.8, 4) is 0 Å². The third kappa shape index (κ3) is 4.00. The lowest BCUT2D eigenvalue weighted by Crippen LogP contribution is -2.01. The second kappa shape index (κ2) is 7.44. The fraction of sp³-hybridized carbons (Fsp3) is 0.0500. The van der Waals surface area contributed by atoms with E-state index in [0.29, 0.717) is 5.70 Å². The minimum absolute atomic E-state index is 0.449. The van der Waals surface area contributed by atoms with Gasteiger partial charge in [-0.25, -0.2) is 0 Å². The van der Waals surface area contributed by atoms with E-state index in [4.69, 9.17) is 5.21 Å². The number of pyridine rings is 1. The number of para-hydroxylation sites is 1. The molecule has 1 aromatic heterocycles. The summed E-state index contributed by atoms with van der Waals surface area (Å²) in [6.07, 6.45) is 5.46. The molecule has 3 rings (SSSR count). The molecule has 4 nitrogen and oxygen atoms in total. The van der Waals surface area contributed by atoms with Crippen molar-refractivity contribution in [2.75, 3.05) is 5.32 Å². The summed E-state index contributed by atoms with van der Waals surface area (Å²) in [6, 6.07) is 18.4. The molecule has 0 unspecified atom stereocenters. The number of hydroxylamine groups is 1. The Morgan fingerprint density at radius 2 is 1.92 bits per heavy atom. The fourth-order valence-corrected chi connectivity index (χ4v) is 2.35. The van der Waals surface area contributed by atoms with E-state index >= 15 is 0 Å². The Morgan fingerprint density at radius 3 is 2.71 bits per heavy atom. The zero-order valence-electron chi connectivity index (χ0n) is 13.2. The summed E-state index contributed by atoms with van der Waals surface area (Å²) in [5.41, 5.74) is 6.67. The highest BCUT2D eigenvalue weighted by atomic mass is 16.5. The molecule has 3 aromatic rings. The first-order valence-electron chi connectivity index (χ1n) is 7.69. The number of nitrogens with one attached hydrogen (secondary N) is 2. The first-order chi connectivity index (χ1) is 11.7. The Balaban J connectivity index is 1.63. The zero-order valence-corrected chi connectivity index (χ0v) is 13.2. The van der Waals surface area contributed by atoms with Gasteiger partial charge in [0.15, 0.2) is 0 Å². The molecule has 0 aliphatic carbocycles. The van der Waals surface area contributed by atoms with Gasteiger partial charge in [0, 0.05) is 11.9 Å². The van der Waals surface area contributed by atoms with Gasteiger partial charge in [-0.15, -0.1) is 0 Å². The van der Waals surface area contributed by atoms with Crippen molar-refractivity contribution in [2.45, 2.75) is 6.54 Å². The van der Waals surface area contributed by atoms with Crippen LogP contribution < -0.4 is 10.8 Å². The quantitative estimate of drug-likeness (QED) is 0.467. The fourth-order valence-electron chi connectivity index (χ4n) is 2.35. The van der Waals surface area contributed by atoms with Gasteiger partial charge in [-0.05, 0) is 29.3 Å². The van der Waals surface area contributed by atoms with Crippen LogP contribution >= 0.6 is 0 Å². The van der Waals surface area contributed by atoms with Gasteiger partial charge in [0.2, 0.25) is 0 Å². The standard InChI is InChI=1S/C20H19N3O/c1-15(23-24)6-7-16-8-10-17(11-9-16)13-21-19-12-18-4-2-3-5-20(18)22-14-19/h2-12,14,21,23-24H,1,13H2/b7-6+. The van der Waals surface area contributed by atoms with E-state index in [-0.39, 0.29) is 0 Å². The summed E-state index contributed by atoms with van der Waals surface area (Å²) < 4.78 is 0. The molecular weight excluding hydrogens is 298 g/mol. The van der Waals surface area contributed by atoms with E-state index in [2.05, 4.69) is 41.1 Å². The topological polar surface area (TPSA) is 57.2 Å². The van der Waals surface area contributed by atoms with Crippen molar-refractivity contribution in [1.82, 2.24) is 10.5 Å². The van der Waals surface area contributed by atoms with Crippen LogP contribution in [0.1, 0.15) is 11.1 Å². The lowest BCUT2D eigenvalue weighted by atomic mass is 10.1. The number of benzene rings is 2. The molecule has 0 radical (unpaired) electrons. The number of allylic oxidation sites excluding steroid dienone is 1. The van der Waals surface area contributed by atoms with E-state index in [1.54, 1.807) is 6.08 Å². The molecular formula is C20H19N3O. The number of nitrogens with zero attached hydrogens (tertiary/aromatic N) is 1. The second-order valence-electron chi connectivity index (χ2n) is 5.48. The van der Waals surface area contributed by atoms with Crippen LogP contribution in [0, 0.1) is 0 Å². The normalized spacial score (nSPS) is 10.9. The maximum atomic E-state index is 8.69. The van der Waals surface area contributed by atoms with Crippen LogP contribution in [0.4, 0.5) is 5.69 Å². The van der Waals surface area contributed by atoms with Crippen molar-refractivity contribution < 1.29 is 5.21 Å². The van der Waals surface area contributed by atoms with E-state index in [9.17, 15) is 0 Å². The molecule has 0 atom stereocenters. The van der Waals surface area contributed by atoms with Crippen molar-refractivity contribution in [2.24, 2.45) is 0 Å². The molecule has 3 N–H and O–H groups in total. The van der Waals surface area contributed by atoms with Crippen LogP contribution in [0.15, 0.2) is 79.1 Å². The minimum Gasteiger partial charge on any atom is -0.380 e. The summed E-state index contributed by atoms with van der Waals surface area (Å²) in [6.45, 7) is 4.36. The van der Waals surface area contributed by atoms with E-state index < -0.39 is 0 Å². The predicted molar refractivity (Wildman–Crippen MR) is 98.6 cm³/mol. The van der Waals surface area contributed by atoms with Crippen LogP contribution in [0.3, 0.4) is 0 Å². The molecule has 0 aliphatic rings. The monoisotopic (exact) mass is 317 g/mol. The van der Waals surface area contributed by atoms with Crippen LogP contribution in [0.25, 0.3) is 17.0 Å². The number of anilines is 1. The second-order valence-corrected chi connectivity index (χ2v) is 5.48. The molecule has 0 amide bonds. The van der Waals surface area contributed by atoms with Crippen LogP contribution in [0.2, 0.25) is 0 Å². The molecule has 0 spiro atoms. The molecule has 1 heterocycles. The summed E-state index contributed by atoms with van der Waals surface area (Å²) in [5, 5.41) is 13.2. The predicted octanol–water partition coefficient (Wildman–Crippen LogP) is 4.35. The minimum atomic E-state index is 0.449. The van der Waals surface area contributed by atoms with Crippen molar-refractivity contribution >= 4 is 22.7 Å². The van der Waals surface area contributed by atoms with E-state index in [0.717, 1.165) is 28.7 Å². The molecule has 0 fully saturated rings. The molecule has 24 heavy (non-hydrogen) atoms. The average Bonchev–Trinajstić information content (AvgIpc) is 2.65. The van der Waals surface area contributed by atoms with Gasteiger partial charge in [0.1, 0.15) is 0 Å². The van der Waals surface area contributed by atoms with Crippen LogP contribution in [-0.4, -0.2) is 10.2 Å². The lowest BCUT2D eigenvalue weighted by molar-refractivity contribution is 0.205. The third-order valence-electron chi connectivity index (χ3n) is 3.69. The lowest BCUT2D eigenvalue weighted by Gasteiger charge is -2.07. The van der Waals surface area contributed by atoms with E-state index in [1.807, 2.05) is 48.1 Å².